The summed E-state index contributed by atoms with van der Waals surface area (Å²) in [5.41, 5.74) is 3.38. The maximum absolute atomic E-state index is 12.3. The van der Waals surface area contributed by atoms with Crippen LogP contribution >= 0.6 is 0 Å². The molecule has 0 amide bonds. The Morgan fingerprint density at radius 2 is 1.07 bits per heavy atom. The molecule has 0 heterocycles. The van der Waals surface area contributed by atoms with E-state index in [9.17, 15) is 4.79 Å². The monoisotopic (exact) mass is 382 g/mol. The van der Waals surface area contributed by atoms with E-state index in [0.29, 0.717) is 11.5 Å². The molecule has 148 valence electrons. The summed E-state index contributed by atoms with van der Waals surface area (Å²) in [5.74, 6) is 2.69. The molecule has 5 heteroatoms. The standard InChI is InChI=1S/C23H26O5/c1-15-20(25-3)13-9-17(22(15)27-5)7-11-19(24)12-8-18-10-14-21(26-4)16(2)23(18)28-6/h7-14H,1-6H3/b11-7+,12-8+. The number of methoxy groups -OCH3 is 4. The van der Waals surface area contributed by atoms with Gasteiger partial charge in [0.15, 0.2) is 5.78 Å². The molecule has 2 aromatic carbocycles. The minimum Gasteiger partial charge on any atom is -0.496 e. The lowest BCUT2D eigenvalue weighted by atomic mass is 10.1. The number of rotatable bonds is 8. The van der Waals surface area contributed by atoms with Gasteiger partial charge >= 0.3 is 0 Å². The summed E-state index contributed by atoms with van der Waals surface area (Å²) in [4.78, 5) is 12.3. The first-order valence-electron chi connectivity index (χ1n) is 8.80. The van der Waals surface area contributed by atoms with Gasteiger partial charge in [0.1, 0.15) is 23.0 Å². The average Bonchev–Trinajstić information content (AvgIpc) is 2.70. The highest BCUT2D eigenvalue weighted by molar-refractivity contribution is 6.04. The minimum atomic E-state index is -0.147. The van der Waals surface area contributed by atoms with E-state index in [1.807, 2.05) is 38.1 Å². The molecule has 0 aromatic heterocycles. The molecule has 5 nitrogen and oxygen atoms in total. The van der Waals surface area contributed by atoms with Gasteiger partial charge in [-0.15, -0.1) is 0 Å². The van der Waals surface area contributed by atoms with Crippen LogP contribution in [0, 0.1) is 13.8 Å². The average molecular weight is 382 g/mol. The molecular formula is C23H26O5. The van der Waals surface area contributed by atoms with Crippen molar-refractivity contribution in [2.24, 2.45) is 0 Å². The molecule has 0 saturated carbocycles. The molecular weight excluding hydrogens is 356 g/mol. The molecule has 0 spiro atoms. The summed E-state index contributed by atoms with van der Waals surface area (Å²) in [6.45, 7) is 3.82. The predicted molar refractivity (Wildman–Crippen MR) is 112 cm³/mol. The second kappa shape index (κ2) is 9.65. The maximum atomic E-state index is 12.3. The Labute approximate surface area is 166 Å². The Hall–Kier alpha value is -3.21. The van der Waals surface area contributed by atoms with E-state index < -0.39 is 0 Å². The number of hydrogen-bond donors (Lipinski definition) is 0. The Kier molecular flexibility index (Phi) is 7.27. The zero-order valence-electron chi connectivity index (χ0n) is 17.2. The van der Waals surface area contributed by atoms with Gasteiger partial charge in [-0.25, -0.2) is 0 Å². The van der Waals surface area contributed by atoms with Crippen molar-refractivity contribution in [3.05, 3.63) is 58.7 Å². The fourth-order valence-corrected chi connectivity index (χ4v) is 3.04. The quantitative estimate of drug-likeness (QED) is 0.623. The second-order valence-corrected chi connectivity index (χ2v) is 6.10. The zero-order valence-corrected chi connectivity index (χ0v) is 17.2. The van der Waals surface area contributed by atoms with E-state index in [2.05, 4.69) is 0 Å². The second-order valence-electron chi connectivity index (χ2n) is 6.10. The van der Waals surface area contributed by atoms with Crippen LogP contribution in [0.5, 0.6) is 23.0 Å². The van der Waals surface area contributed by atoms with Gasteiger partial charge in [-0.05, 0) is 62.4 Å². The minimum absolute atomic E-state index is 0.147. The summed E-state index contributed by atoms with van der Waals surface area (Å²) in [7, 11) is 6.42. The number of allylic oxidation sites excluding steroid dienone is 2. The molecule has 0 aliphatic heterocycles. The first-order chi connectivity index (χ1) is 13.5. The van der Waals surface area contributed by atoms with Gasteiger partial charge in [0.2, 0.25) is 0 Å². The molecule has 28 heavy (non-hydrogen) atoms. The number of benzene rings is 2. The molecule has 0 fully saturated rings. The smallest absolute Gasteiger partial charge is 0.178 e. The largest absolute Gasteiger partial charge is 0.496 e. The highest BCUT2D eigenvalue weighted by atomic mass is 16.5. The molecule has 0 radical (unpaired) electrons. The summed E-state index contributed by atoms with van der Waals surface area (Å²) in [6.07, 6.45) is 6.47. The first-order valence-corrected chi connectivity index (χ1v) is 8.80. The molecule has 0 unspecified atom stereocenters. The van der Waals surface area contributed by atoms with Crippen LogP contribution in [0.2, 0.25) is 0 Å². The van der Waals surface area contributed by atoms with Crippen LogP contribution in [0.3, 0.4) is 0 Å². The van der Waals surface area contributed by atoms with Crippen molar-refractivity contribution >= 4 is 17.9 Å². The summed E-state index contributed by atoms with van der Waals surface area (Å²) in [6, 6.07) is 7.41. The Morgan fingerprint density at radius 3 is 1.39 bits per heavy atom. The summed E-state index contributed by atoms with van der Waals surface area (Å²) in [5, 5.41) is 0. The number of ketones is 1. The lowest BCUT2D eigenvalue weighted by Gasteiger charge is -2.12. The Morgan fingerprint density at radius 1 is 0.679 bits per heavy atom. The molecule has 0 aliphatic carbocycles. The fraction of sp³-hybridized carbons (Fsp3) is 0.261. The van der Waals surface area contributed by atoms with E-state index in [0.717, 1.165) is 33.8 Å². The Balaban J connectivity index is 2.23. The van der Waals surface area contributed by atoms with Crippen molar-refractivity contribution in [2.75, 3.05) is 28.4 Å². The van der Waals surface area contributed by atoms with Crippen LogP contribution in [-0.2, 0) is 4.79 Å². The van der Waals surface area contributed by atoms with Crippen molar-refractivity contribution < 1.29 is 23.7 Å². The lowest BCUT2D eigenvalue weighted by Crippen LogP contribution is -1.96. The van der Waals surface area contributed by atoms with E-state index in [4.69, 9.17) is 18.9 Å². The predicted octanol–water partition coefficient (Wildman–Crippen LogP) is 4.63. The third-order valence-corrected chi connectivity index (χ3v) is 4.48. The highest BCUT2D eigenvalue weighted by Gasteiger charge is 2.10. The highest BCUT2D eigenvalue weighted by Crippen LogP contribution is 2.33. The van der Waals surface area contributed by atoms with Crippen LogP contribution in [-0.4, -0.2) is 34.2 Å². The van der Waals surface area contributed by atoms with Crippen LogP contribution in [0.1, 0.15) is 22.3 Å². The van der Waals surface area contributed by atoms with Gasteiger partial charge in [0.05, 0.1) is 28.4 Å². The van der Waals surface area contributed by atoms with E-state index in [1.54, 1.807) is 40.6 Å². The first kappa shape index (κ1) is 21.1. The molecule has 2 rings (SSSR count). The van der Waals surface area contributed by atoms with Gasteiger partial charge in [-0.1, -0.05) is 0 Å². The van der Waals surface area contributed by atoms with Crippen molar-refractivity contribution in [1.82, 2.24) is 0 Å². The number of ether oxygens (including phenoxy) is 4. The summed E-state index contributed by atoms with van der Waals surface area (Å²) >= 11 is 0. The number of carbonyl (C=O) groups excluding carboxylic acids is 1. The topological polar surface area (TPSA) is 54.0 Å². The molecule has 0 N–H and O–H groups in total. The lowest BCUT2D eigenvalue weighted by molar-refractivity contribution is -0.110. The van der Waals surface area contributed by atoms with Gasteiger partial charge in [0, 0.05) is 22.3 Å². The third-order valence-electron chi connectivity index (χ3n) is 4.48. The molecule has 0 atom stereocenters. The zero-order chi connectivity index (χ0) is 20.7. The van der Waals surface area contributed by atoms with Crippen molar-refractivity contribution in [3.8, 4) is 23.0 Å². The van der Waals surface area contributed by atoms with Crippen LogP contribution in [0.15, 0.2) is 36.4 Å². The summed E-state index contributed by atoms with van der Waals surface area (Å²) < 4.78 is 21.5. The Bertz CT molecular complexity index is 836. The third kappa shape index (κ3) is 4.55. The van der Waals surface area contributed by atoms with Gasteiger partial charge in [0.25, 0.3) is 0 Å². The molecule has 0 saturated heterocycles. The number of hydrogen-bond acceptors (Lipinski definition) is 5. The molecule has 0 aliphatic rings. The van der Waals surface area contributed by atoms with E-state index >= 15 is 0 Å². The maximum Gasteiger partial charge on any atom is 0.178 e. The van der Waals surface area contributed by atoms with Gasteiger partial charge in [-0.3, -0.25) is 4.79 Å². The van der Waals surface area contributed by atoms with E-state index in [1.165, 1.54) is 12.2 Å². The fourth-order valence-electron chi connectivity index (χ4n) is 3.04. The van der Waals surface area contributed by atoms with Crippen molar-refractivity contribution in [1.29, 1.82) is 0 Å². The van der Waals surface area contributed by atoms with E-state index in [-0.39, 0.29) is 5.78 Å². The van der Waals surface area contributed by atoms with Gasteiger partial charge < -0.3 is 18.9 Å². The van der Waals surface area contributed by atoms with Crippen LogP contribution in [0.25, 0.3) is 12.2 Å². The normalized spacial score (nSPS) is 11.1. The SMILES string of the molecule is COc1ccc(/C=C/C(=O)/C=C/c2ccc(OC)c(C)c2OC)c(OC)c1C. The molecule has 0 bridgehead atoms. The van der Waals surface area contributed by atoms with Crippen LogP contribution in [0.4, 0.5) is 0 Å². The molecule has 2 aromatic rings. The van der Waals surface area contributed by atoms with Crippen molar-refractivity contribution in [2.45, 2.75) is 13.8 Å². The number of carbonyl (C=O) groups is 1. The van der Waals surface area contributed by atoms with Crippen molar-refractivity contribution in [3.63, 3.8) is 0 Å². The van der Waals surface area contributed by atoms with Gasteiger partial charge in [-0.2, -0.15) is 0 Å². The van der Waals surface area contributed by atoms with Crippen LogP contribution < -0.4 is 18.9 Å².